The fourth-order valence-electron chi connectivity index (χ4n) is 1.79. The van der Waals surface area contributed by atoms with Gasteiger partial charge in [-0.15, -0.1) is 0 Å². The first-order valence-corrected chi connectivity index (χ1v) is 5.36. The second-order valence-electron chi connectivity index (χ2n) is 3.69. The lowest BCUT2D eigenvalue weighted by atomic mass is 10.0. The van der Waals surface area contributed by atoms with Gasteiger partial charge >= 0.3 is 5.97 Å². The zero-order valence-electron chi connectivity index (χ0n) is 9.29. The van der Waals surface area contributed by atoms with Crippen LogP contribution in [0.2, 0.25) is 0 Å². The van der Waals surface area contributed by atoms with Gasteiger partial charge in [-0.05, 0) is 24.5 Å². The highest BCUT2D eigenvalue weighted by molar-refractivity contribution is 5.72. The van der Waals surface area contributed by atoms with E-state index in [9.17, 15) is 4.79 Å². The number of para-hydroxylation sites is 1. The molecule has 1 N–H and O–H groups in total. The molecule has 0 bridgehead atoms. The fraction of sp³-hybridized carbons (Fsp3) is 0.417. The summed E-state index contributed by atoms with van der Waals surface area (Å²) >= 11 is 0. The Balaban J connectivity index is 2.11. The first kappa shape index (κ1) is 10.8. The average molecular weight is 221 g/mol. The van der Waals surface area contributed by atoms with Crippen LogP contribution in [-0.4, -0.2) is 26.2 Å². The number of benzene rings is 1. The smallest absolute Gasteiger partial charge is 0.343 e. The third-order valence-electron chi connectivity index (χ3n) is 2.61. The molecule has 2 rings (SSSR count). The lowest BCUT2D eigenvalue weighted by Gasteiger charge is -2.20. The topological polar surface area (TPSA) is 47.6 Å². The SMILES string of the molecule is COC(=O)COc1cccc2c1NCCC2. The van der Waals surface area contributed by atoms with E-state index in [1.54, 1.807) is 0 Å². The van der Waals surface area contributed by atoms with Gasteiger partial charge in [-0.3, -0.25) is 0 Å². The maximum absolute atomic E-state index is 11.0. The van der Waals surface area contributed by atoms with E-state index in [2.05, 4.69) is 16.1 Å². The number of hydrogen-bond donors (Lipinski definition) is 1. The Morgan fingerprint density at radius 1 is 1.50 bits per heavy atom. The van der Waals surface area contributed by atoms with E-state index in [1.807, 2.05) is 12.1 Å². The van der Waals surface area contributed by atoms with Crippen LogP contribution in [0.3, 0.4) is 0 Å². The first-order chi connectivity index (χ1) is 7.81. The highest BCUT2D eigenvalue weighted by atomic mass is 16.6. The molecule has 16 heavy (non-hydrogen) atoms. The Morgan fingerprint density at radius 3 is 3.19 bits per heavy atom. The quantitative estimate of drug-likeness (QED) is 0.787. The maximum atomic E-state index is 11.0. The summed E-state index contributed by atoms with van der Waals surface area (Å²) in [7, 11) is 1.35. The number of hydrogen-bond acceptors (Lipinski definition) is 4. The minimum absolute atomic E-state index is 0.0470. The highest BCUT2D eigenvalue weighted by Crippen LogP contribution is 2.31. The lowest BCUT2D eigenvalue weighted by Crippen LogP contribution is -2.16. The number of ether oxygens (including phenoxy) is 2. The maximum Gasteiger partial charge on any atom is 0.343 e. The summed E-state index contributed by atoms with van der Waals surface area (Å²) in [6, 6.07) is 5.88. The number of aryl methyl sites for hydroxylation is 1. The summed E-state index contributed by atoms with van der Waals surface area (Å²) in [5.41, 5.74) is 2.26. The van der Waals surface area contributed by atoms with Crippen LogP contribution < -0.4 is 10.1 Å². The predicted molar refractivity (Wildman–Crippen MR) is 60.8 cm³/mol. The molecule has 1 aliphatic heterocycles. The van der Waals surface area contributed by atoms with Crippen LogP contribution in [0, 0.1) is 0 Å². The Kier molecular flexibility index (Phi) is 3.29. The average Bonchev–Trinajstić information content (AvgIpc) is 2.35. The second kappa shape index (κ2) is 4.88. The molecule has 4 heteroatoms. The van der Waals surface area contributed by atoms with Gasteiger partial charge in [0.1, 0.15) is 5.75 Å². The van der Waals surface area contributed by atoms with Crippen molar-refractivity contribution in [3.63, 3.8) is 0 Å². The molecule has 1 aromatic carbocycles. The second-order valence-corrected chi connectivity index (χ2v) is 3.69. The van der Waals surface area contributed by atoms with E-state index in [-0.39, 0.29) is 12.6 Å². The number of nitrogens with one attached hydrogen (secondary N) is 1. The highest BCUT2D eigenvalue weighted by Gasteiger charge is 2.13. The van der Waals surface area contributed by atoms with Gasteiger partial charge in [-0.1, -0.05) is 12.1 Å². The molecule has 86 valence electrons. The van der Waals surface area contributed by atoms with Gasteiger partial charge in [-0.25, -0.2) is 4.79 Å². The molecule has 0 aliphatic carbocycles. The van der Waals surface area contributed by atoms with Crippen LogP contribution in [0.5, 0.6) is 5.75 Å². The Bertz CT molecular complexity index is 390. The molecule has 0 radical (unpaired) electrons. The fourth-order valence-corrected chi connectivity index (χ4v) is 1.79. The van der Waals surface area contributed by atoms with Gasteiger partial charge in [0.25, 0.3) is 0 Å². The van der Waals surface area contributed by atoms with Crippen molar-refractivity contribution >= 4 is 11.7 Å². The van der Waals surface area contributed by atoms with Gasteiger partial charge in [0.2, 0.25) is 0 Å². The molecule has 1 heterocycles. The molecule has 4 nitrogen and oxygen atoms in total. The van der Waals surface area contributed by atoms with Crippen molar-refractivity contribution in [3.8, 4) is 5.75 Å². The molecule has 0 saturated heterocycles. The third kappa shape index (κ3) is 2.27. The summed E-state index contributed by atoms with van der Waals surface area (Å²) in [5, 5.41) is 3.30. The molecule has 0 amide bonds. The summed E-state index contributed by atoms with van der Waals surface area (Å²) < 4.78 is 9.95. The van der Waals surface area contributed by atoms with Crippen LogP contribution in [0.1, 0.15) is 12.0 Å². The van der Waals surface area contributed by atoms with Crippen LogP contribution in [0.25, 0.3) is 0 Å². The number of fused-ring (bicyclic) bond motifs is 1. The van der Waals surface area contributed by atoms with Crippen molar-refractivity contribution in [2.24, 2.45) is 0 Å². The largest absolute Gasteiger partial charge is 0.480 e. The Morgan fingerprint density at radius 2 is 2.38 bits per heavy atom. The molecular weight excluding hydrogens is 206 g/mol. The van der Waals surface area contributed by atoms with Crippen LogP contribution >= 0.6 is 0 Å². The first-order valence-electron chi connectivity index (χ1n) is 5.36. The molecule has 0 saturated carbocycles. The predicted octanol–water partition coefficient (Wildman–Crippen LogP) is 1.60. The van der Waals surface area contributed by atoms with E-state index in [0.717, 1.165) is 30.8 Å². The Labute approximate surface area is 94.6 Å². The molecule has 1 aromatic rings. The minimum atomic E-state index is -0.367. The molecule has 0 aromatic heterocycles. The zero-order chi connectivity index (χ0) is 11.4. The van der Waals surface area contributed by atoms with Crippen LogP contribution in [0.15, 0.2) is 18.2 Å². The number of methoxy groups -OCH3 is 1. The van der Waals surface area contributed by atoms with E-state index in [1.165, 1.54) is 12.7 Å². The van der Waals surface area contributed by atoms with E-state index in [4.69, 9.17) is 4.74 Å². The standard InChI is InChI=1S/C12H15NO3/c1-15-11(14)8-16-10-6-2-4-9-5-3-7-13-12(9)10/h2,4,6,13H,3,5,7-8H2,1H3. The normalized spacial score (nSPS) is 13.6. The van der Waals surface area contributed by atoms with Gasteiger partial charge in [-0.2, -0.15) is 0 Å². The molecule has 0 atom stereocenters. The summed E-state index contributed by atoms with van der Waals surface area (Å²) in [6.07, 6.45) is 2.19. The van der Waals surface area contributed by atoms with Crippen LogP contribution in [-0.2, 0) is 16.0 Å². The van der Waals surface area contributed by atoms with E-state index in [0.29, 0.717) is 0 Å². The van der Waals surface area contributed by atoms with Crippen molar-refractivity contribution in [1.29, 1.82) is 0 Å². The summed E-state index contributed by atoms with van der Waals surface area (Å²) in [6.45, 7) is 0.903. The van der Waals surface area contributed by atoms with Gasteiger partial charge in [0, 0.05) is 6.54 Å². The van der Waals surface area contributed by atoms with Crippen LogP contribution in [0.4, 0.5) is 5.69 Å². The summed E-state index contributed by atoms with van der Waals surface area (Å²) in [4.78, 5) is 11.0. The number of rotatable bonds is 3. The summed E-state index contributed by atoms with van der Waals surface area (Å²) in [5.74, 6) is 0.357. The van der Waals surface area contributed by atoms with Crippen molar-refractivity contribution < 1.29 is 14.3 Å². The van der Waals surface area contributed by atoms with E-state index < -0.39 is 0 Å². The van der Waals surface area contributed by atoms with Gasteiger partial charge in [0.05, 0.1) is 12.8 Å². The molecule has 0 spiro atoms. The monoisotopic (exact) mass is 221 g/mol. The van der Waals surface area contributed by atoms with E-state index >= 15 is 0 Å². The van der Waals surface area contributed by atoms with Crippen molar-refractivity contribution in [2.45, 2.75) is 12.8 Å². The molecule has 0 unspecified atom stereocenters. The third-order valence-corrected chi connectivity index (χ3v) is 2.61. The lowest BCUT2D eigenvalue weighted by molar-refractivity contribution is -0.142. The van der Waals surface area contributed by atoms with Gasteiger partial charge < -0.3 is 14.8 Å². The zero-order valence-corrected chi connectivity index (χ0v) is 9.29. The molecular formula is C12H15NO3. The van der Waals surface area contributed by atoms with Gasteiger partial charge in [0.15, 0.2) is 6.61 Å². The number of esters is 1. The number of carbonyl (C=O) groups excluding carboxylic acids is 1. The number of anilines is 1. The van der Waals surface area contributed by atoms with Crippen molar-refractivity contribution in [3.05, 3.63) is 23.8 Å². The molecule has 0 fully saturated rings. The number of carbonyl (C=O) groups is 1. The molecule has 1 aliphatic rings. The van der Waals surface area contributed by atoms with Crippen molar-refractivity contribution in [2.75, 3.05) is 25.6 Å². The minimum Gasteiger partial charge on any atom is -0.480 e. The Hall–Kier alpha value is -1.71. The van der Waals surface area contributed by atoms with Crippen molar-refractivity contribution in [1.82, 2.24) is 0 Å².